The van der Waals surface area contributed by atoms with Crippen LogP contribution in [0.1, 0.15) is 39.3 Å². The molecule has 0 radical (unpaired) electrons. The van der Waals surface area contributed by atoms with E-state index in [0.717, 1.165) is 44.7 Å². The van der Waals surface area contributed by atoms with Crippen molar-refractivity contribution in [2.24, 2.45) is 0 Å². The molecule has 3 heterocycles. The van der Waals surface area contributed by atoms with Gasteiger partial charge in [0.25, 0.3) is 0 Å². The van der Waals surface area contributed by atoms with Crippen LogP contribution >= 0.6 is 22.9 Å². The lowest BCUT2D eigenvalue weighted by atomic mass is 10.0. The van der Waals surface area contributed by atoms with Crippen molar-refractivity contribution < 1.29 is 9.53 Å². The maximum absolute atomic E-state index is 12.8. The fraction of sp³-hybridized carbons (Fsp3) is 0.348. The van der Waals surface area contributed by atoms with Crippen molar-refractivity contribution in [1.29, 1.82) is 0 Å². The van der Waals surface area contributed by atoms with Crippen LogP contribution in [0.3, 0.4) is 0 Å². The summed E-state index contributed by atoms with van der Waals surface area (Å²) in [6, 6.07) is 12.1. The summed E-state index contributed by atoms with van der Waals surface area (Å²) < 4.78 is 5.99. The normalized spacial score (nSPS) is 16.6. The molecule has 1 aromatic carbocycles. The number of benzene rings is 1. The number of aromatic nitrogens is 2. The summed E-state index contributed by atoms with van der Waals surface area (Å²) in [6.07, 6.45) is 0.881. The van der Waals surface area contributed by atoms with Gasteiger partial charge in [-0.15, -0.1) is 11.3 Å². The van der Waals surface area contributed by atoms with Gasteiger partial charge in [0.1, 0.15) is 6.10 Å². The number of pyridine rings is 1. The molecule has 0 bridgehead atoms. The lowest BCUT2D eigenvalue weighted by Crippen LogP contribution is -2.43. The number of thiazole rings is 1. The van der Waals surface area contributed by atoms with E-state index in [4.69, 9.17) is 21.3 Å². The van der Waals surface area contributed by atoms with E-state index in [1.54, 1.807) is 11.3 Å². The van der Waals surface area contributed by atoms with Gasteiger partial charge in [-0.3, -0.25) is 9.78 Å². The molecule has 1 unspecified atom stereocenters. The molecule has 0 aliphatic carbocycles. The molecule has 7 heteroatoms. The van der Waals surface area contributed by atoms with Gasteiger partial charge in [0.2, 0.25) is 5.91 Å². The molecule has 1 saturated heterocycles. The second-order valence-corrected chi connectivity index (χ2v) is 9.08. The largest absolute Gasteiger partial charge is 0.368 e. The predicted octanol–water partition coefficient (Wildman–Crippen LogP) is 4.54. The maximum atomic E-state index is 12.8. The van der Waals surface area contributed by atoms with E-state index in [-0.39, 0.29) is 12.0 Å². The lowest BCUT2D eigenvalue weighted by Gasteiger charge is -2.33. The zero-order valence-corrected chi connectivity index (χ0v) is 18.7. The number of morpholine rings is 1. The summed E-state index contributed by atoms with van der Waals surface area (Å²) in [5.41, 5.74) is 4.95. The molecule has 0 spiro atoms. The fourth-order valence-electron chi connectivity index (χ4n) is 3.73. The van der Waals surface area contributed by atoms with E-state index in [0.29, 0.717) is 26.1 Å². The number of carbonyl (C=O) groups is 1. The minimum absolute atomic E-state index is 0.0837. The molecular weight excluding hydrogens is 418 g/mol. The smallest absolute Gasteiger partial charge is 0.228 e. The molecule has 1 atom stereocenters. The van der Waals surface area contributed by atoms with Gasteiger partial charge in [-0.2, -0.15) is 0 Å². The molecule has 1 amide bonds. The Morgan fingerprint density at radius 2 is 2.10 bits per heavy atom. The zero-order chi connectivity index (χ0) is 21.1. The fourth-order valence-corrected chi connectivity index (χ4v) is 4.55. The highest BCUT2D eigenvalue weighted by molar-refractivity contribution is 7.09. The van der Waals surface area contributed by atoms with Crippen molar-refractivity contribution in [3.63, 3.8) is 0 Å². The monoisotopic (exact) mass is 441 g/mol. The Morgan fingerprint density at radius 3 is 2.87 bits per heavy atom. The van der Waals surface area contributed by atoms with Crippen molar-refractivity contribution >= 4 is 28.8 Å². The van der Waals surface area contributed by atoms with Crippen molar-refractivity contribution in [1.82, 2.24) is 14.9 Å². The van der Waals surface area contributed by atoms with Crippen molar-refractivity contribution in [2.45, 2.75) is 32.8 Å². The van der Waals surface area contributed by atoms with E-state index < -0.39 is 0 Å². The minimum Gasteiger partial charge on any atom is -0.368 e. The number of nitrogens with zero attached hydrogens (tertiary/aromatic N) is 3. The molecule has 1 fully saturated rings. The number of aryl methyl sites for hydroxylation is 2. The van der Waals surface area contributed by atoms with Crippen LogP contribution in [0.2, 0.25) is 5.02 Å². The SMILES string of the molecule is Cc1cc(Cc2cccc(Cl)c2)cc(C2CN(C(=O)Cc3csc(C)n3)CCO2)n1. The van der Waals surface area contributed by atoms with E-state index in [2.05, 4.69) is 23.2 Å². The first-order valence-corrected chi connectivity index (χ1v) is 11.2. The van der Waals surface area contributed by atoms with Crippen LogP contribution < -0.4 is 0 Å². The molecule has 1 aliphatic rings. The van der Waals surface area contributed by atoms with Gasteiger partial charge in [0, 0.05) is 22.6 Å². The van der Waals surface area contributed by atoms with Crippen LogP contribution in [0.4, 0.5) is 0 Å². The Labute approximate surface area is 185 Å². The number of halogens is 1. The van der Waals surface area contributed by atoms with Gasteiger partial charge in [-0.05, 0) is 55.7 Å². The number of hydrogen-bond donors (Lipinski definition) is 0. The van der Waals surface area contributed by atoms with E-state index >= 15 is 0 Å². The second kappa shape index (κ2) is 9.25. The standard InChI is InChI=1S/C23H24ClN3O2S/c1-15-8-18(9-17-4-3-5-19(24)10-17)11-21(25-15)22-13-27(6-7-29-22)23(28)12-20-14-30-16(2)26-20/h3-5,8,10-11,14,22H,6-7,9,12-13H2,1-2H3. The Kier molecular flexibility index (Phi) is 6.46. The number of amides is 1. The average molecular weight is 442 g/mol. The van der Waals surface area contributed by atoms with Crippen molar-refractivity contribution in [3.05, 3.63) is 80.0 Å². The summed E-state index contributed by atoms with van der Waals surface area (Å²) in [7, 11) is 0. The van der Waals surface area contributed by atoms with Gasteiger partial charge < -0.3 is 9.64 Å². The molecule has 0 N–H and O–H groups in total. The number of hydrogen-bond acceptors (Lipinski definition) is 5. The van der Waals surface area contributed by atoms with Crippen LogP contribution in [0.5, 0.6) is 0 Å². The molecule has 3 aromatic rings. The van der Waals surface area contributed by atoms with Crippen LogP contribution in [-0.4, -0.2) is 40.5 Å². The van der Waals surface area contributed by atoms with Gasteiger partial charge in [0.05, 0.1) is 36.0 Å². The number of rotatable bonds is 5. The van der Waals surface area contributed by atoms with Crippen LogP contribution in [0.15, 0.2) is 41.8 Å². The van der Waals surface area contributed by atoms with Gasteiger partial charge >= 0.3 is 0 Å². The Hall–Kier alpha value is -2.28. The summed E-state index contributed by atoms with van der Waals surface area (Å²) in [5, 5.41) is 3.67. The molecule has 156 valence electrons. The Morgan fingerprint density at radius 1 is 1.23 bits per heavy atom. The van der Waals surface area contributed by atoms with E-state index in [1.165, 1.54) is 0 Å². The predicted molar refractivity (Wildman–Crippen MR) is 119 cm³/mol. The van der Waals surface area contributed by atoms with Gasteiger partial charge in [-0.25, -0.2) is 4.98 Å². The summed E-state index contributed by atoms with van der Waals surface area (Å²) >= 11 is 7.70. The lowest BCUT2D eigenvalue weighted by molar-refractivity contribution is -0.138. The second-order valence-electron chi connectivity index (χ2n) is 7.58. The van der Waals surface area contributed by atoms with Gasteiger partial charge in [0.15, 0.2) is 0 Å². The van der Waals surface area contributed by atoms with E-state index in [9.17, 15) is 4.79 Å². The number of carbonyl (C=O) groups excluding carboxylic acids is 1. The summed E-state index contributed by atoms with van der Waals surface area (Å²) in [6.45, 7) is 5.55. The molecule has 1 aliphatic heterocycles. The highest BCUT2D eigenvalue weighted by Gasteiger charge is 2.27. The first kappa shape index (κ1) is 21.0. The highest BCUT2D eigenvalue weighted by atomic mass is 35.5. The van der Waals surface area contributed by atoms with Crippen LogP contribution in [0, 0.1) is 13.8 Å². The van der Waals surface area contributed by atoms with Crippen LogP contribution in [-0.2, 0) is 22.4 Å². The maximum Gasteiger partial charge on any atom is 0.228 e. The number of ether oxygens (including phenoxy) is 1. The molecule has 5 nitrogen and oxygen atoms in total. The topological polar surface area (TPSA) is 55.3 Å². The van der Waals surface area contributed by atoms with Crippen LogP contribution in [0.25, 0.3) is 0 Å². The Bertz CT molecular complexity index is 1050. The third-order valence-electron chi connectivity index (χ3n) is 5.08. The van der Waals surface area contributed by atoms with E-state index in [1.807, 2.05) is 42.3 Å². The molecular formula is C23H24ClN3O2S. The van der Waals surface area contributed by atoms with Gasteiger partial charge in [-0.1, -0.05) is 23.7 Å². The van der Waals surface area contributed by atoms with Crippen molar-refractivity contribution in [3.8, 4) is 0 Å². The first-order valence-electron chi connectivity index (χ1n) is 9.98. The minimum atomic E-state index is -0.224. The molecule has 2 aromatic heterocycles. The third-order valence-corrected chi connectivity index (χ3v) is 6.14. The Balaban J connectivity index is 1.47. The zero-order valence-electron chi connectivity index (χ0n) is 17.1. The first-order chi connectivity index (χ1) is 14.5. The third kappa shape index (κ3) is 5.25. The average Bonchev–Trinajstić information content (AvgIpc) is 3.12. The van der Waals surface area contributed by atoms with Crippen molar-refractivity contribution in [2.75, 3.05) is 19.7 Å². The highest BCUT2D eigenvalue weighted by Crippen LogP contribution is 2.24. The summed E-state index contributed by atoms with van der Waals surface area (Å²) in [5.74, 6) is 0.0837. The quantitative estimate of drug-likeness (QED) is 0.583. The summed E-state index contributed by atoms with van der Waals surface area (Å²) in [4.78, 5) is 23.7. The molecule has 30 heavy (non-hydrogen) atoms. The molecule has 4 rings (SSSR count). The molecule has 0 saturated carbocycles.